The van der Waals surface area contributed by atoms with Crippen molar-refractivity contribution in [3.8, 4) is 0 Å². The fraction of sp³-hybridized carbons (Fsp3) is 0.667. The van der Waals surface area contributed by atoms with Gasteiger partial charge in [-0.15, -0.1) is 0 Å². The van der Waals surface area contributed by atoms with Crippen molar-refractivity contribution in [2.45, 2.75) is 46.3 Å². The predicted molar refractivity (Wildman–Crippen MR) is 86.4 cm³/mol. The molecule has 1 aromatic rings. The molecule has 1 aliphatic rings. The van der Waals surface area contributed by atoms with Gasteiger partial charge in [-0.2, -0.15) is 0 Å². The minimum absolute atomic E-state index is 0.0189. The van der Waals surface area contributed by atoms with Gasteiger partial charge < -0.3 is 10.2 Å². The van der Waals surface area contributed by atoms with Gasteiger partial charge in [-0.1, -0.05) is 13.8 Å². The molecular formula is C15H25N3O2S. The third-order valence-electron chi connectivity index (χ3n) is 3.76. The van der Waals surface area contributed by atoms with Gasteiger partial charge in [-0.3, -0.25) is 0 Å². The van der Waals surface area contributed by atoms with E-state index in [4.69, 9.17) is 0 Å². The Morgan fingerprint density at radius 1 is 1.48 bits per heavy atom. The minimum Gasteiger partial charge on any atom is -0.352 e. The molecular weight excluding hydrogens is 286 g/mol. The Morgan fingerprint density at radius 2 is 2.19 bits per heavy atom. The van der Waals surface area contributed by atoms with Gasteiger partial charge in [0.25, 0.3) is 0 Å². The highest BCUT2D eigenvalue weighted by Crippen LogP contribution is 2.23. The maximum Gasteiger partial charge on any atom is 0.154 e. The first-order valence-corrected chi connectivity index (χ1v) is 9.26. The second kappa shape index (κ2) is 6.32. The van der Waals surface area contributed by atoms with E-state index in [0.29, 0.717) is 12.6 Å². The molecule has 1 unspecified atom stereocenters. The number of nitrogens with zero attached hydrogens (tertiary/aromatic N) is 2. The van der Waals surface area contributed by atoms with Crippen LogP contribution in [0.5, 0.6) is 0 Å². The fourth-order valence-electron chi connectivity index (χ4n) is 2.66. The number of anilines is 1. The molecule has 0 aliphatic carbocycles. The number of rotatable bonds is 4. The van der Waals surface area contributed by atoms with Crippen molar-refractivity contribution < 1.29 is 8.42 Å². The van der Waals surface area contributed by atoms with Crippen LogP contribution >= 0.6 is 0 Å². The smallest absolute Gasteiger partial charge is 0.154 e. The lowest BCUT2D eigenvalue weighted by molar-refractivity contribution is 0.566. The average Bonchev–Trinajstić information content (AvgIpc) is 2.36. The van der Waals surface area contributed by atoms with Gasteiger partial charge in [0.05, 0.1) is 11.5 Å². The monoisotopic (exact) mass is 311 g/mol. The van der Waals surface area contributed by atoms with E-state index in [1.54, 1.807) is 0 Å². The van der Waals surface area contributed by atoms with Crippen LogP contribution in [0.4, 0.5) is 5.82 Å². The summed E-state index contributed by atoms with van der Waals surface area (Å²) in [5, 5.41) is 3.37. The zero-order chi connectivity index (χ0) is 15.6. The largest absolute Gasteiger partial charge is 0.352 e. The van der Waals surface area contributed by atoms with Crippen LogP contribution in [0.3, 0.4) is 0 Å². The van der Waals surface area contributed by atoms with Gasteiger partial charge in [-0.25, -0.2) is 13.4 Å². The molecule has 0 saturated carbocycles. The van der Waals surface area contributed by atoms with Crippen molar-refractivity contribution in [1.82, 2.24) is 10.3 Å². The van der Waals surface area contributed by atoms with Crippen molar-refractivity contribution in [2.75, 3.05) is 23.0 Å². The van der Waals surface area contributed by atoms with E-state index in [1.165, 1.54) is 0 Å². The molecule has 2 heterocycles. The van der Waals surface area contributed by atoms with E-state index < -0.39 is 9.84 Å². The molecule has 5 nitrogen and oxygen atoms in total. The lowest BCUT2D eigenvalue weighted by Crippen LogP contribution is -2.47. The lowest BCUT2D eigenvalue weighted by atomic mass is 10.1. The van der Waals surface area contributed by atoms with Gasteiger partial charge in [0.1, 0.15) is 5.82 Å². The molecule has 0 radical (unpaired) electrons. The summed E-state index contributed by atoms with van der Waals surface area (Å²) in [5.74, 6) is 1.34. The Hall–Kier alpha value is -1.14. The third kappa shape index (κ3) is 4.17. The van der Waals surface area contributed by atoms with Gasteiger partial charge in [-0.05, 0) is 31.0 Å². The zero-order valence-corrected chi connectivity index (χ0v) is 14.1. The Bertz CT molecular complexity index is 599. The molecule has 0 amide bonds. The van der Waals surface area contributed by atoms with E-state index in [0.717, 1.165) is 23.5 Å². The summed E-state index contributed by atoms with van der Waals surface area (Å²) in [5.41, 5.74) is 2.26. The van der Waals surface area contributed by atoms with E-state index in [1.807, 2.05) is 20.0 Å². The number of sulfone groups is 1. The molecule has 21 heavy (non-hydrogen) atoms. The molecule has 6 heteroatoms. The second-order valence-corrected chi connectivity index (χ2v) is 8.41. The second-order valence-electron chi connectivity index (χ2n) is 6.18. The summed E-state index contributed by atoms with van der Waals surface area (Å²) in [7, 11) is -2.89. The number of hydrogen-bond donors (Lipinski definition) is 1. The quantitative estimate of drug-likeness (QED) is 0.913. The topological polar surface area (TPSA) is 62.3 Å². The first-order valence-electron chi connectivity index (χ1n) is 7.44. The average molecular weight is 311 g/mol. The molecule has 1 atom stereocenters. The number of pyridine rings is 1. The van der Waals surface area contributed by atoms with Crippen LogP contribution in [0.1, 0.15) is 31.9 Å². The Kier molecular flexibility index (Phi) is 4.88. The SMILES string of the molecule is Cc1cc(CNC(C)C)cnc1N1CCS(=O)(=O)CC1C. The number of aromatic nitrogens is 1. The van der Waals surface area contributed by atoms with E-state index >= 15 is 0 Å². The molecule has 0 aromatic carbocycles. The number of aryl methyl sites for hydroxylation is 1. The Balaban J connectivity index is 2.14. The van der Waals surface area contributed by atoms with Crippen LogP contribution < -0.4 is 10.2 Å². The lowest BCUT2D eigenvalue weighted by Gasteiger charge is -2.35. The number of hydrogen-bond acceptors (Lipinski definition) is 5. The van der Waals surface area contributed by atoms with Crippen LogP contribution in [0.2, 0.25) is 0 Å². The van der Waals surface area contributed by atoms with Crippen LogP contribution in [-0.2, 0) is 16.4 Å². The molecule has 1 fully saturated rings. The maximum atomic E-state index is 11.7. The highest BCUT2D eigenvalue weighted by atomic mass is 32.2. The minimum atomic E-state index is -2.89. The normalized spacial score (nSPS) is 21.8. The molecule has 0 bridgehead atoms. The van der Waals surface area contributed by atoms with Crippen LogP contribution in [0.15, 0.2) is 12.3 Å². The van der Waals surface area contributed by atoms with Gasteiger partial charge in [0, 0.05) is 31.4 Å². The molecule has 0 spiro atoms. The van der Waals surface area contributed by atoms with E-state index in [9.17, 15) is 8.42 Å². The van der Waals surface area contributed by atoms with E-state index in [-0.39, 0.29) is 17.5 Å². The summed E-state index contributed by atoms with van der Waals surface area (Å²) < 4.78 is 23.3. The first-order chi connectivity index (χ1) is 9.78. The highest BCUT2D eigenvalue weighted by molar-refractivity contribution is 7.91. The maximum absolute atomic E-state index is 11.7. The zero-order valence-electron chi connectivity index (χ0n) is 13.3. The molecule has 1 N–H and O–H groups in total. The standard InChI is InChI=1S/C15H25N3O2S/c1-11(2)16-8-14-7-12(3)15(17-9-14)18-5-6-21(19,20)10-13(18)4/h7,9,11,13,16H,5-6,8,10H2,1-4H3. The highest BCUT2D eigenvalue weighted by Gasteiger charge is 2.29. The van der Waals surface area contributed by atoms with Gasteiger partial charge in [0.2, 0.25) is 0 Å². The summed E-state index contributed by atoms with van der Waals surface area (Å²) in [4.78, 5) is 6.68. The summed E-state index contributed by atoms with van der Waals surface area (Å²) in [6.45, 7) is 9.55. The molecule has 2 rings (SSSR count). The van der Waals surface area contributed by atoms with Crippen molar-refractivity contribution in [3.63, 3.8) is 0 Å². The Labute approximate surface area is 127 Å². The van der Waals surface area contributed by atoms with Crippen LogP contribution in [0.25, 0.3) is 0 Å². The van der Waals surface area contributed by atoms with Crippen molar-refractivity contribution in [1.29, 1.82) is 0 Å². The van der Waals surface area contributed by atoms with Crippen molar-refractivity contribution in [3.05, 3.63) is 23.4 Å². The summed E-state index contributed by atoms with van der Waals surface area (Å²) in [6, 6.07) is 2.56. The van der Waals surface area contributed by atoms with Gasteiger partial charge >= 0.3 is 0 Å². The first kappa shape index (κ1) is 16.2. The fourth-order valence-corrected chi connectivity index (χ4v) is 4.21. The Morgan fingerprint density at radius 3 is 2.76 bits per heavy atom. The van der Waals surface area contributed by atoms with Crippen LogP contribution in [-0.4, -0.2) is 43.5 Å². The summed E-state index contributed by atoms with van der Waals surface area (Å²) >= 11 is 0. The predicted octanol–water partition coefficient (Wildman–Crippen LogP) is 1.51. The van der Waals surface area contributed by atoms with Crippen molar-refractivity contribution >= 4 is 15.7 Å². The molecule has 1 aromatic heterocycles. The van der Waals surface area contributed by atoms with Gasteiger partial charge in [0.15, 0.2) is 9.84 Å². The van der Waals surface area contributed by atoms with E-state index in [2.05, 4.69) is 35.1 Å². The molecule has 118 valence electrons. The summed E-state index contributed by atoms with van der Waals surface area (Å²) in [6.07, 6.45) is 1.88. The van der Waals surface area contributed by atoms with Crippen molar-refractivity contribution in [2.24, 2.45) is 0 Å². The third-order valence-corrected chi connectivity index (χ3v) is 5.56. The number of nitrogens with one attached hydrogen (secondary N) is 1. The van der Waals surface area contributed by atoms with Crippen LogP contribution in [0, 0.1) is 6.92 Å². The molecule has 1 aliphatic heterocycles. The molecule has 1 saturated heterocycles.